The molecule has 1 aliphatic heterocycles. The summed E-state index contributed by atoms with van der Waals surface area (Å²) in [5, 5.41) is 12.2. The number of hydrogen-bond acceptors (Lipinski definition) is 6. The topological polar surface area (TPSA) is 122 Å². The number of carbonyl (C=O) groups excluding carboxylic acids is 1. The van der Waals surface area contributed by atoms with Gasteiger partial charge < -0.3 is 19.9 Å². The predicted octanol–water partition coefficient (Wildman–Crippen LogP) is 2.07. The highest BCUT2D eigenvalue weighted by molar-refractivity contribution is 7.89. The SMILES string of the molecule is CCOCCOc1ccc(C[C@H](NC(=O)[C@@H]2CCCN2S(=O)(=O)c2ccccc2)C(=O)O)cc1. The van der Waals surface area contributed by atoms with E-state index < -0.39 is 34.0 Å². The molecule has 3 rings (SSSR count). The lowest BCUT2D eigenvalue weighted by molar-refractivity contribution is -0.142. The number of carboxylic acid groups (broad SMARTS) is 1. The average Bonchev–Trinajstić information content (AvgIpc) is 3.34. The third-order valence-corrected chi connectivity index (χ3v) is 7.46. The van der Waals surface area contributed by atoms with Crippen LogP contribution < -0.4 is 10.1 Å². The van der Waals surface area contributed by atoms with Crippen LogP contribution >= 0.6 is 0 Å². The monoisotopic (exact) mass is 490 g/mol. The number of amides is 1. The van der Waals surface area contributed by atoms with Crippen LogP contribution in [0.2, 0.25) is 0 Å². The molecule has 34 heavy (non-hydrogen) atoms. The number of carboxylic acids is 1. The van der Waals surface area contributed by atoms with Gasteiger partial charge in [-0.1, -0.05) is 30.3 Å². The molecular formula is C24H30N2O7S. The van der Waals surface area contributed by atoms with Gasteiger partial charge in [-0.2, -0.15) is 4.31 Å². The van der Waals surface area contributed by atoms with Crippen molar-refractivity contribution >= 4 is 21.9 Å². The summed E-state index contributed by atoms with van der Waals surface area (Å²) in [6.07, 6.45) is 0.906. The first-order chi connectivity index (χ1) is 16.3. The third-order valence-electron chi connectivity index (χ3n) is 5.53. The summed E-state index contributed by atoms with van der Waals surface area (Å²) in [5.74, 6) is -1.17. The van der Waals surface area contributed by atoms with Crippen molar-refractivity contribution in [1.29, 1.82) is 0 Å². The normalized spacial score (nSPS) is 17.3. The van der Waals surface area contributed by atoms with E-state index in [1.54, 1.807) is 42.5 Å². The van der Waals surface area contributed by atoms with Crippen molar-refractivity contribution in [2.24, 2.45) is 0 Å². The van der Waals surface area contributed by atoms with Crippen LogP contribution in [-0.2, 0) is 30.8 Å². The van der Waals surface area contributed by atoms with Gasteiger partial charge in [-0.05, 0) is 49.6 Å². The second-order valence-corrected chi connectivity index (χ2v) is 9.77. The predicted molar refractivity (Wildman–Crippen MR) is 125 cm³/mol. The van der Waals surface area contributed by atoms with Gasteiger partial charge in [-0.25, -0.2) is 13.2 Å². The second kappa shape index (κ2) is 12.0. The lowest BCUT2D eigenvalue weighted by Crippen LogP contribution is -2.51. The van der Waals surface area contributed by atoms with Crippen LogP contribution in [0.5, 0.6) is 5.75 Å². The van der Waals surface area contributed by atoms with Crippen LogP contribution in [0.1, 0.15) is 25.3 Å². The van der Waals surface area contributed by atoms with Crippen LogP contribution in [0, 0.1) is 0 Å². The molecule has 2 aromatic rings. The summed E-state index contributed by atoms with van der Waals surface area (Å²) in [6.45, 7) is 3.60. The summed E-state index contributed by atoms with van der Waals surface area (Å²) in [4.78, 5) is 24.9. The Morgan fingerprint density at radius 1 is 1.12 bits per heavy atom. The highest BCUT2D eigenvalue weighted by Crippen LogP contribution is 2.26. The zero-order chi connectivity index (χ0) is 24.6. The number of hydrogen-bond donors (Lipinski definition) is 2. The zero-order valence-corrected chi connectivity index (χ0v) is 19.9. The third kappa shape index (κ3) is 6.55. The van der Waals surface area contributed by atoms with Crippen molar-refractivity contribution in [2.45, 2.75) is 43.2 Å². The molecule has 1 fully saturated rings. The van der Waals surface area contributed by atoms with E-state index in [1.807, 2.05) is 6.92 Å². The number of sulfonamides is 1. The van der Waals surface area contributed by atoms with Gasteiger partial charge in [-0.3, -0.25) is 4.79 Å². The average molecular weight is 491 g/mol. The molecule has 1 amide bonds. The van der Waals surface area contributed by atoms with E-state index >= 15 is 0 Å². The van der Waals surface area contributed by atoms with Crippen LogP contribution in [0.25, 0.3) is 0 Å². The maximum absolute atomic E-state index is 13.0. The molecule has 0 aliphatic carbocycles. The maximum atomic E-state index is 13.0. The second-order valence-electron chi connectivity index (χ2n) is 7.88. The van der Waals surface area contributed by atoms with Gasteiger partial charge in [0, 0.05) is 19.6 Å². The Morgan fingerprint density at radius 2 is 1.82 bits per heavy atom. The lowest BCUT2D eigenvalue weighted by atomic mass is 10.1. The molecule has 1 aliphatic rings. The quantitative estimate of drug-likeness (QED) is 0.437. The molecule has 10 heteroatoms. The van der Waals surface area contributed by atoms with Crippen LogP contribution in [0.3, 0.4) is 0 Å². The number of nitrogens with zero attached hydrogens (tertiary/aromatic N) is 1. The van der Waals surface area contributed by atoms with Gasteiger partial charge >= 0.3 is 5.97 Å². The Bertz CT molecular complexity index is 1060. The van der Waals surface area contributed by atoms with E-state index in [9.17, 15) is 23.1 Å². The largest absolute Gasteiger partial charge is 0.491 e. The highest BCUT2D eigenvalue weighted by Gasteiger charge is 2.40. The smallest absolute Gasteiger partial charge is 0.326 e. The zero-order valence-electron chi connectivity index (χ0n) is 19.1. The van der Waals surface area contributed by atoms with E-state index in [0.717, 1.165) is 4.31 Å². The molecule has 184 valence electrons. The molecule has 2 N–H and O–H groups in total. The molecule has 2 aromatic carbocycles. The van der Waals surface area contributed by atoms with Crippen LogP contribution in [-0.4, -0.2) is 68.2 Å². The standard InChI is InChI=1S/C24H30N2O7S/c1-2-32-15-16-33-19-12-10-18(11-13-19)17-21(24(28)29)25-23(27)22-9-6-14-26(22)34(30,31)20-7-4-3-5-8-20/h3-5,7-8,10-13,21-22H,2,6,9,14-17H2,1H3,(H,25,27)(H,28,29)/t21-,22-/m0/s1. The molecular weight excluding hydrogens is 460 g/mol. The van der Waals surface area contributed by atoms with Crippen molar-refractivity contribution in [3.63, 3.8) is 0 Å². The van der Waals surface area contributed by atoms with Gasteiger partial charge in [0.25, 0.3) is 0 Å². The Labute approximate surface area is 199 Å². The van der Waals surface area contributed by atoms with E-state index in [-0.39, 0.29) is 17.9 Å². The number of benzene rings is 2. The molecule has 1 saturated heterocycles. The first kappa shape index (κ1) is 25.7. The molecule has 0 saturated carbocycles. The van der Waals surface area contributed by atoms with E-state index in [0.29, 0.717) is 44.0 Å². The lowest BCUT2D eigenvalue weighted by Gasteiger charge is -2.25. The van der Waals surface area contributed by atoms with Crippen molar-refractivity contribution in [3.8, 4) is 5.75 Å². The van der Waals surface area contributed by atoms with Gasteiger partial charge in [0.15, 0.2) is 0 Å². The Kier molecular flexibility index (Phi) is 9.03. The first-order valence-corrected chi connectivity index (χ1v) is 12.7. The molecule has 2 atom stereocenters. The fraction of sp³-hybridized carbons (Fsp3) is 0.417. The Balaban J connectivity index is 1.64. The molecule has 1 heterocycles. The van der Waals surface area contributed by atoms with E-state index in [2.05, 4.69) is 5.32 Å². The van der Waals surface area contributed by atoms with Crippen LogP contribution in [0.15, 0.2) is 59.5 Å². The minimum atomic E-state index is -3.86. The number of aliphatic carboxylic acids is 1. The fourth-order valence-electron chi connectivity index (χ4n) is 3.81. The van der Waals surface area contributed by atoms with E-state index in [1.165, 1.54) is 12.1 Å². The fourth-order valence-corrected chi connectivity index (χ4v) is 5.48. The maximum Gasteiger partial charge on any atom is 0.326 e. The number of ether oxygens (including phenoxy) is 2. The molecule has 0 radical (unpaired) electrons. The Hall–Kier alpha value is -2.95. The van der Waals surface area contributed by atoms with Gasteiger partial charge in [0.05, 0.1) is 11.5 Å². The summed E-state index contributed by atoms with van der Waals surface area (Å²) < 4.78 is 38.0. The number of rotatable bonds is 12. The van der Waals surface area contributed by atoms with Gasteiger partial charge in [-0.15, -0.1) is 0 Å². The summed E-state index contributed by atoms with van der Waals surface area (Å²) in [7, 11) is -3.86. The summed E-state index contributed by atoms with van der Waals surface area (Å²) in [6, 6.07) is 12.7. The van der Waals surface area contributed by atoms with Crippen molar-refractivity contribution in [1.82, 2.24) is 9.62 Å². The van der Waals surface area contributed by atoms with Gasteiger partial charge in [0.1, 0.15) is 24.4 Å². The van der Waals surface area contributed by atoms with Crippen molar-refractivity contribution < 1.29 is 32.6 Å². The Morgan fingerprint density at radius 3 is 2.47 bits per heavy atom. The molecule has 0 unspecified atom stereocenters. The number of nitrogens with one attached hydrogen (secondary N) is 1. The number of carbonyl (C=O) groups is 2. The van der Waals surface area contributed by atoms with Crippen molar-refractivity contribution in [2.75, 3.05) is 26.4 Å². The first-order valence-electron chi connectivity index (χ1n) is 11.2. The molecule has 0 spiro atoms. The van der Waals surface area contributed by atoms with E-state index in [4.69, 9.17) is 9.47 Å². The van der Waals surface area contributed by atoms with Crippen LogP contribution in [0.4, 0.5) is 0 Å². The molecule has 0 bridgehead atoms. The highest BCUT2D eigenvalue weighted by atomic mass is 32.2. The summed E-state index contributed by atoms with van der Waals surface area (Å²) in [5.41, 5.74) is 0.699. The minimum absolute atomic E-state index is 0.0540. The minimum Gasteiger partial charge on any atom is -0.491 e. The summed E-state index contributed by atoms with van der Waals surface area (Å²) >= 11 is 0. The molecule has 9 nitrogen and oxygen atoms in total. The van der Waals surface area contributed by atoms with Crippen molar-refractivity contribution in [3.05, 3.63) is 60.2 Å². The van der Waals surface area contributed by atoms with Gasteiger partial charge in [0.2, 0.25) is 15.9 Å². The molecule has 0 aromatic heterocycles.